The van der Waals surface area contributed by atoms with Gasteiger partial charge in [-0.05, 0) is 25.0 Å². The van der Waals surface area contributed by atoms with E-state index in [4.69, 9.17) is 34.2 Å². The van der Waals surface area contributed by atoms with E-state index in [2.05, 4.69) is 11.4 Å². The zero-order chi connectivity index (χ0) is 12.6. The summed E-state index contributed by atoms with van der Waals surface area (Å²) in [6, 6.07) is 4.96. The van der Waals surface area contributed by atoms with Crippen LogP contribution in [0.4, 0.5) is 5.69 Å². The Morgan fingerprint density at radius 2 is 2.12 bits per heavy atom. The molecular formula is C11H9Cl2N3O. The number of nitriles is 1. The van der Waals surface area contributed by atoms with Crippen molar-refractivity contribution in [3.63, 3.8) is 0 Å². The Kier molecular flexibility index (Phi) is 2.90. The third-order valence-electron chi connectivity index (χ3n) is 2.66. The Hall–Kier alpha value is -1.44. The van der Waals surface area contributed by atoms with Crippen LogP contribution in [0.2, 0.25) is 10.0 Å². The molecule has 88 valence electrons. The van der Waals surface area contributed by atoms with Crippen LogP contribution in [0.15, 0.2) is 12.1 Å². The summed E-state index contributed by atoms with van der Waals surface area (Å²) in [6.07, 6.45) is 1.31. The Labute approximate surface area is 108 Å². The molecule has 0 heterocycles. The van der Waals surface area contributed by atoms with Crippen molar-refractivity contribution < 1.29 is 4.79 Å². The highest BCUT2D eigenvalue weighted by atomic mass is 35.5. The Bertz CT molecular complexity index is 532. The van der Waals surface area contributed by atoms with Crippen LogP contribution in [0.25, 0.3) is 0 Å². The molecule has 0 bridgehead atoms. The van der Waals surface area contributed by atoms with Gasteiger partial charge in [0, 0.05) is 5.02 Å². The number of nitrogen functional groups attached to an aromatic ring is 1. The molecule has 1 aliphatic rings. The maximum absolute atomic E-state index is 11.9. The molecule has 1 saturated carbocycles. The molecule has 3 N–H and O–H groups in total. The zero-order valence-corrected chi connectivity index (χ0v) is 10.3. The van der Waals surface area contributed by atoms with Crippen LogP contribution in [0.5, 0.6) is 0 Å². The first-order chi connectivity index (χ1) is 7.97. The molecule has 1 aliphatic carbocycles. The number of amides is 1. The number of carbonyl (C=O) groups is 1. The van der Waals surface area contributed by atoms with E-state index in [1.807, 2.05) is 0 Å². The molecule has 0 atom stereocenters. The van der Waals surface area contributed by atoms with Crippen LogP contribution in [0, 0.1) is 11.3 Å². The van der Waals surface area contributed by atoms with Crippen molar-refractivity contribution in [3.8, 4) is 6.07 Å². The van der Waals surface area contributed by atoms with Crippen LogP contribution in [0.3, 0.4) is 0 Å². The van der Waals surface area contributed by atoms with Crippen molar-refractivity contribution in [2.75, 3.05) is 5.73 Å². The van der Waals surface area contributed by atoms with E-state index in [0.29, 0.717) is 17.9 Å². The summed E-state index contributed by atoms with van der Waals surface area (Å²) in [5.74, 6) is -0.425. The first-order valence-corrected chi connectivity index (χ1v) is 5.71. The number of rotatable bonds is 2. The smallest absolute Gasteiger partial charge is 0.254 e. The SMILES string of the molecule is N#CC1(NC(=O)c2cc(Cl)cc(Cl)c2N)CC1. The summed E-state index contributed by atoms with van der Waals surface area (Å²) >= 11 is 11.6. The zero-order valence-electron chi connectivity index (χ0n) is 8.76. The van der Waals surface area contributed by atoms with E-state index < -0.39 is 11.4 Å². The van der Waals surface area contributed by atoms with Gasteiger partial charge in [0.15, 0.2) is 0 Å². The molecule has 4 nitrogen and oxygen atoms in total. The van der Waals surface area contributed by atoms with Gasteiger partial charge in [-0.15, -0.1) is 0 Å². The minimum atomic E-state index is -0.738. The van der Waals surface area contributed by atoms with E-state index in [1.165, 1.54) is 12.1 Å². The van der Waals surface area contributed by atoms with Crippen LogP contribution in [0.1, 0.15) is 23.2 Å². The molecule has 0 spiro atoms. The lowest BCUT2D eigenvalue weighted by Crippen LogP contribution is -2.35. The second-order valence-electron chi connectivity index (χ2n) is 4.00. The number of benzene rings is 1. The molecule has 0 radical (unpaired) electrons. The van der Waals surface area contributed by atoms with Crippen LogP contribution >= 0.6 is 23.2 Å². The molecule has 0 saturated heterocycles. The van der Waals surface area contributed by atoms with Crippen LogP contribution < -0.4 is 11.1 Å². The van der Waals surface area contributed by atoms with Gasteiger partial charge in [-0.2, -0.15) is 5.26 Å². The summed E-state index contributed by atoms with van der Waals surface area (Å²) < 4.78 is 0. The second kappa shape index (κ2) is 4.10. The number of anilines is 1. The van der Waals surface area contributed by atoms with E-state index in [-0.39, 0.29) is 16.3 Å². The van der Waals surface area contributed by atoms with E-state index >= 15 is 0 Å². The van der Waals surface area contributed by atoms with Crippen molar-refractivity contribution in [2.45, 2.75) is 18.4 Å². The van der Waals surface area contributed by atoms with Crippen LogP contribution in [-0.4, -0.2) is 11.4 Å². The Balaban J connectivity index is 2.29. The summed E-state index contributed by atoms with van der Waals surface area (Å²) in [4.78, 5) is 11.9. The lowest BCUT2D eigenvalue weighted by Gasteiger charge is -2.12. The van der Waals surface area contributed by atoms with Gasteiger partial charge >= 0.3 is 0 Å². The molecule has 1 amide bonds. The average molecular weight is 270 g/mol. The van der Waals surface area contributed by atoms with E-state index in [9.17, 15) is 4.79 Å². The minimum absolute atomic E-state index is 0.169. The number of halogens is 2. The highest BCUT2D eigenvalue weighted by molar-refractivity contribution is 6.37. The number of nitrogens with zero attached hydrogens (tertiary/aromatic N) is 1. The van der Waals surface area contributed by atoms with Gasteiger partial charge < -0.3 is 11.1 Å². The fourth-order valence-electron chi connectivity index (χ4n) is 1.45. The standard InChI is InChI=1S/C11H9Cl2N3O/c12-6-3-7(9(15)8(13)4-6)10(17)16-11(5-14)1-2-11/h3-4H,1-2,15H2,(H,16,17). The van der Waals surface area contributed by atoms with E-state index in [0.717, 1.165) is 0 Å². The largest absolute Gasteiger partial charge is 0.397 e. The molecule has 0 aliphatic heterocycles. The van der Waals surface area contributed by atoms with Gasteiger partial charge in [0.1, 0.15) is 5.54 Å². The van der Waals surface area contributed by atoms with Crippen molar-refractivity contribution >= 4 is 34.8 Å². The molecule has 0 unspecified atom stereocenters. The summed E-state index contributed by atoms with van der Waals surface area (Å²) in [5.41, 5.74) is 5.33. The molecule has 6 heteroatoms. The second-order valence-corrected chi connectivity index (χ2v) is 4.84. The molecule has 1 aromatic rings. The predicted octanol–water partition coefficient (Wildman–Crippen LogP) is 2.36. The maximum atomic E-state index is 11.9. The number of hydrogen-bond donors (Lipinski definition) is 2. The first-order valence-electron chi connectivity index (χ1n) is 4.96. The lowest BCUT2D eigenvalue weighted by molar-refractivity contribution is 0.0942. The van der Waals surface area contributed by atoms with Crippen molar-refractivity contribution in [1.29, 1.82) is 5.26 Å². The Morgan fingerprint density at radius 1 is 1.47 bits per heavy atom. The van der Waals surface area contributed by atoms with Gasteiger partial charge in [0.25, 0.3) is 5.91 Å². The predicted molar refractivity (Wildman–Crippen MR) is 65.9 cm³/mol. The summed E-state index contributed by atoms with van der Waals surface area (Å²) in [5, 5.41) is 12.1. The highest BCUT2D eigenvalue weighted by Crippen LogP contribution is 2.35. The monoisotopic (exact) mass is 269 g/mol. The van der Waals surface area contributed by atoms with Crippen LogP contribution in [-0.2, 0) is 0 Å². The number of nitrogens with one attached hydrogen (secondary N) is 1. The normalized spacial score (nSPS) is 16.1. The minimum Gasteiger partial charge on any atom is -0.397 e. The summed E-state index contributed by atoms with van der Waals surface area (Å²) in [7, 11) is 0. The maximum Gasteiger partial charge on any atom is 0.254 e. The van der Waals surface area contributed by atoms with Gasteiger partial charge in [0.2, 0.25) is 0 Å². The fraction of sp³-hybridized carbons (Fsp3) is 0.273. The van der Waals surface area contributed by atoms with Crippen molar-refractivity contribution in [2.24, 2.45) is 0 Å². The molecule has 2 rings (SSSR count). The first kappa shape index (κ1) is 12.0. The quantitative estimate of drug-likeness (QED) is 0.809. The van der Waals surface area contributed by atoms with Gasteiger partial charge in [-0.1, -0.05) is 23.2 Å². The third kappa shape index (κ3) is 2.31. The molecular weight excluding hydrogens is 261 g/mol. The van der Waals surface area contributed by atoms with Gasteiger partial charge in [-0.25, -0.2) is 0 Å². The molecule has 0 aromatic heterocycles. The highest BCUT2D eigenvalue weighted by Gasteiger charge is 2.45. The Morgan fingerprint density at radius 3 is 2.65 bits per heavy atom. The van der Waals surface area contributed by atoms with Crippen molar-refractivity contribution in [1.82, 2.24) is 5.32 Å². The van der Waals surface area contributed by atoms with E-state index in [1.54, 1.807) is 0 Å². The number of nitrogens with two attached hydrogens (primary N) is 1. The molecule has 1 fully saturated rings. The third-order valence-corrected chi connectivity index (χ3v) is 3.19. The fourth-order valence-corrected chi connectivity index (χ4v) is 1.94. The number of hydrogen-bond acceptors (Lipinski definition) is 3. The summed E-state index contributed by atoms with van der Waals surface area (Å²) in [6.45, 7) is 0. The number of carbonyl (C=O) groups excluding carboxylic acids is 1. The molecule has 17 heavy (non-hydrogen) atoms. The topological polar surface area (TPSA) is 78.9 Å². The lowest BCUT2D eigenvalue weighted by atomic mass is 10.1. The van der Waals surface area contributed by atoms with Gasteiger partial charge in [0.05, 0.1) is 22.3 Å². The average Bonchev–Trinajstić information content (AvgIpc) is 3.03. The van der Waals surface area contributed by atoms with Crippen molar-refractivity contribution in [3.05, 3.63) is 27.7 Å². The van der Waals surface area contributed by atoms with Gasteiger partial charge in [-0.3, -0.25) is 4.79 Å². The molecule has 1 aromatic carbocycles.